The average Bonchev–Trinajstić information content (AvgIpc) is 3.55. The molecule has 8 fully saturated rings. The Hall–Kier alpha value is -3.50. The van der Waals surface area contributed by atoms with Gasteiger partial charge in [0.1, 0.15) is 25.3 Å². The van der Waals surface area contributed by atoms with Gasteiger partial charge in [-0.1, -0.05) is 0 Å². The molecule has 0 aromatic heterocycles. The van der Waals surface area contributed by atoms with Gasteiger partial charge in [-0.2, -0.15) is 10.5 Å². The molecule has 4 bridgehead atoms. The molecule has 16 heteroatoms. The minimum atomic E-state index is -3.00. The standard InChI is InChI=1S/C34H44F4N6O6/c35-33(36)15-23(17-39)43(21-33)19-25(45)41-31-7-1-29(2-8-31,3-9-31)27(47)49-13-14-50-28(48)30-4-10-32(11-5-30,12-6-30)42-26(46)20-44-22-34(37,38)16-24(44)18-40/h23-24H,1-16,19-22H2,(H,41,45)(H,42,46)/t23-,24-,29?,30?,31?,32?/m0/s1. The first-order chi connectivity index (χ1) is 23.5. The number of likely N-dealkylation sites (tertiary alicyclic amines) is 2. The van der Waals surface area contributed by atoms with Crippen LogP contribution in [0.1, 0.15) is 89.9 Å². The Morgan fingerprint density at radius 2 is 0.920 bits per heavy atom. The zero-order valence-corrected chi connectivity index (χ0v) is 28.0. The number of nitriles is 2. The monoisotopic (exact) mass is 708 g/mol. The van der Waals surface area contributed by atoms with Crippen molar-refractivity contribution in [1.82, 2.24) is 20.4 Å². The molecule has 8 aliphatic rings. The van der Waals surface area contributed by atoms with Crippen molar-refractivity contribution in [2.24, 2.45) is 10.8 Å². The van der Waals surface area contributed by atoms with Crippen molar-refractivity contribution in [3.63, 3.8) is 0 Å². The van der Waals surface area contributed by atoms with Crippen LogP contribution in [0.2, 0.25) is 0 Å². The molecular formula is C34H44F4N6O6. The summed E-state index contributed by atoms with van der Waals surface area (Å²) in [5, 5.41) is 24.4. The average molecular weight is 709 g/mol. The highest BCUT2D eigenvalue weighted by molar-refractivity contribution is 5.81. The fraction of sp³-hybridized carbons (Fsp3) is 0.824. The van der Waals surface area contributed by atoms with Crippen LogP contribution in [0.25, 0.3) is 0 Å². The number of rotatable bonds is 11. The molecule has 12 nitrogen and oxygen atoms in total. The molecule has 0 spiro atoms. The van der Waals surface area contributed by atoms with Gasteiger partial charge in [0, 0.05) is 23.9 Å². The predicted octanol–water partition coefficient (Wildman–Crippen LogP) is 2.96. The Kier molecular flexibility index (Phi) is 9.61. The Labute approximate surface area is 288 Å². The van der Waals surface area contributed by atoms with E-state index in [1.807, 2.05) is 12.1 Å². The molecule has 2 atom stereocenters. The molecule has 2 amide bonds. The van der Waals surface area contributed by atoms with Crippen molar-refractivity contribution in [2.75, 3.05) is 39.4 Å². The number of carbonyl (C=O) groups is 4. The molecule has 274 valence electrons. The van der Waals surface area contributed by atoms with Crippen LogP contribution >= 0.6 is 0 Å². The summed E-state index contributed by atoms with van der Waals surface area (Å²) in [6.45, 7) is -2.01. The first kappa shape index (κ1) is 36.3. The summed E-state index contributed by atoms with van der Waals surface area (Å²) < 4.78 is 66.3. The van der Waals surface area contributed by atoms with Crippen LogP contribution < -0.4 is 10.6 Å². The summed E-state index contributed by atoms with van der Waals surface area (Å²) in [6, 6.07) is 1.68. The first-order valence-corrected chi connectivity index (χ1v) is 17.5. The van der Waals surface area contributed by atoms with E-state index in [0.29, 0.717) is 77.0 Å². The number of hydrogen-bond acceptors (Lipinski definition) is 10. The maximum absolute atomic E-state index is 13.8. The molecule has 6 aliphatic carbocycles. The Bertz CT molecular complexity index is 1320. The van der Waals surface area contributed by atoms with Crippen molar-refractivity contribution in [3.05, 3.63) is 0 Å². The Morgan fingerprint density at radius 3 is 1.22 bits per heavy atom. The molecule has 6 saturated carbocycles. The lowest BCUT2D eigenvalue weighted by Gasteiger charge is -2.52. The summed E-state index contributed by atoms with van der Waals surface area (Å²) in [5.41, 5.74) is -2.43. The third kappa shape index (κ3) is 7.29. The molecule has 2 saturated heterocycles. The smallest absolute Gasteiger partial charge is 0.312 e. The van der Waals surface area contributed by atoms with E-state index in [0.717, 1.165) is 0 Å². The van der Waals surface area contributed by atoms with E-state index < -0.39 is 83.6 Å². The largest absolute Gasteiger partial charge is 0.462 e. The molecule has 2 heterocycles. The number of alkyl halides is 4. The normalized spacial score (nSPS) is 37.0. The second kappa shape index (κ2) is 13.2. The highest BCUT2D eigenvalue weighted by Gasteiger charge is 2.56. The van der Waals surface area contributed by atoms with Gasteiger partial charge in [0.05, 0.1) is 49.1 Å². The van der Waals surface area contributed by atoms with E-state index in [2.05, 4.69) is 10.6 Å². The van der Waals surface area contributed by atoms with E-state index in [9.17, 15) is 47.3 Å². The third-order valence-corrected chi connectivity index (χ3v) is 12.4. The highest BCUT2D eigenvalue weighted by atomic mass is 19.3. The van der Waals surface area contributed by atoms with Crippen molar-refractivity contribution in [1.29, 1.82) is 10.5 Å². The van der Waals surface area contributed by atoms with Crippen LogP contribution in [0, 0.1) is 33.5 Å². The molecule has 0 aromatic rings. The number of halogens is 4. The maximum atomic E-state index is 13.8. The number of esters is 2. The van der Waals surface area contributed by atoms with Crippen LogP contribution in [0.5, 0.6) is 0 Å². The second-order valence-electron chi connectivity index (χ2n) is 15.7. The number of nitrogens with one attached hydrogen (secondary N) is 2. The lowest BCUT2D eigenvalue weighted by Crippen LogP contribution is -2.60. The van der Waals surface area contributed by atoms with Crippen molar-refractivity contribution < 1.29 is 46.2 Å². The second-order valence-corrected chi connectivity index (χ2v) is 15.7. The van der Waals surface area contributed by atoms with Crippen LogP contribution in [0.15, 0.2) is 0 Å². The van der Waals surface area contributed by atoms with E-state index >= 15 is 0 Å². The quantitative estimate of drug-likeness (QED) is 0.185. The molecule has 50 heavy (non-hydrogen) atoms. The summed E-state index contributed by atoms with van der Waals surface area (Å²) in [6.07, 6.45) is 5.07. The predicted molar refractivity (Wildman–Crippen MR) is 165 cm³/mol. The Balaban J connectivity index is 0.897. The minimum absolute atomic E-state index is 0.0932. The molecular weight excluding hydrogens is 664 g/mol. The number of fused-ring (bicyclic) bond motifs is 6. The van der Waals surface area contributed by atoms with E-state index in [1.165, 1.54) is 9.80 Å². The topological polar surface area (TPSA) is 165 Å². The number of hydrogen-bond donors (Lipinski definition) is 2. The lowest BCUT2D eigenvalue weighted by atomic mass is 9.57. The van der Waals surface area contributed by atoms with Crippen molar-refractivity contribution >= 4 is 23.8 Å². The van der Waals surface area contributed by atoms with E-state index in [-0.39, 0.29) is 38.2 Å². The summed E-state index contributed by atoms with van der Waals surface area (Å²) in [7, 11) is 0. The van der Waals surface area contributed by atoms with Gasteiger partial charge in [-0.15, -0.1) is 0 Å². The number of amides is 2. The van der Waals surface area contributed by atoms with Crippen LogP contribution in [0.4, 0.5) is 17.6 Å². The Morgan fingerprint density at radius 1 is 0.600 bits per heavy atom. The fourth-order valence-corrected chi connectivity index (χ4v) is 9.33. The van der Waals surface area contributed by atoms with Gasteiger partial charge in [-0.3, -0.25) is 29.0 Å². The third-order valence-electron chi connectivity index (χ3n) is 12.4. The van der Waals surface area contributed by atoms with Crippen molar-refractivity contribution in [3.8, 4) is 12.1 Å². The summed E-state index contributed by atoms with van der Waals surface area (Å²) >= 11 is 0. The highest BCUT2D eigenvalue weighted by Crippen LogP contribution is 2.54. The molecule has 0 unspecified atom stereocenters. The van der Waals surface area contributed by atoms with E-state index in [1.54, 1.807) is 0 Å². The first-order valence-electron chi connectivity index (χ1n) is 17.5. The van der Waals surface area contributed by atoms with Crippen LogP contribution in [0.3, 0.4) is 0 Å². The molecule has 0 aromatic carbocycles. The van der Waals surface area contributed by atoms with Crippen LogP contribution in [-0.2, 0) is 28.7 Å². The number of carbonyl (C=O) groups excluding carboxylic acids is 4. The molecule has 0 radical (unpaired) electrons. The van der Waals surface area contributed by atoms with Gasteiger partial charge in [0.2, 0.25) is 11.8 Å². The van der Waals surface area contributed by atoms with Gasteiger partial charge in [-0.25, -0.2) is 17.6 Å². The van der Waals surface area contributed by atoms with Crippen LogP contribution in [-0.4, -0.2) is 108 Å². The van der Waals surface area contributed by atoms with Gasteiger partial charge in [0.25, 0.3) is 11.8 Å². The van der Waals surface area contributed by atoms with Crippen molar-refractivity contribution in [2.45, 2.75) is 125 Å². The zero-order chi connectivity index (χ0) is 36.0. The molecule has 8 rings (SSSR count). The minimum Gasteiger partial charge on any atom is -0.462 e. The zero-order valence-electron chi connectivity index (χ0n) is 28.0. The van der Waals surface area contributed by atoms with Gasteiger partial charge in [-0.05, 0) is 77.0 Å². The molecule has 2 aliphatic heterocycles. The number of ether oxygens (including phenoxy) is 2. The maximum Gasteiger partial charge on any atom is 0.312 e. The summed E-state index contributed by atoms with van der Waals surface area (Å²) in [4.78, 5) is 54.4. The van der Waals surface area contributed by atoms with Gasteiger partial charge < -0.3 is 20.1 Å². The number of nitrogens with zero attached hydrogens (tertiary/aromatic N) is 4. The lowest BCUT2D eigenvalue weighted by molar-refractivity contribution is -0.173. The van der Waals surface area contributed by atoms with Gasteiger partial charge >= 0.3 is 11.9 Å². The summed E-state index contributed by atoms with van der Waals surface area (Å²) in [5.74, 6) is -7.54. The van der Waals surface area contributed by atoms with Gasteiger partial charge in [0.15, 0.2) is 0 Å². The van der Waals surface area contributed by atoms with E-state index in [4.69, 9.17) is 9.47 Å². The SMILES string of the molecule is N#C[C@@H]1CC(F)(F)CN1CC(=O)NC12CCC(C(=O)OCCOC(=O)C34CCC(NC(=O)CN5CC(F)(F)C[C@H]5C#N)(CC3)CC4)(CC1)CC2. The molecule has 2 N–H and O–H groups in total. The fourth-order valence-electron chi connectivity index (χ4n) is 9.33.